The molecule has 3 aromatic carbocycles. The first-order chi connectivity index (χ1) is 13.0. The predicted octanol–water partition coefficient (Wildman–Crippen LogP) is 4.63. The lowest BCUT2D eigenvalue weighted by Gasteiger charge is -2.09. The largest absolute Gasteiger partial charge is 0.508 e. The van der Waals surface area contributed by atoms with Gasteiger partial charge in [0, 0.05) is 16.7 Å². The van der Waals surface area contributed by atoms with Crippen LogP contribution in [0.25, 0.3) is 28.2 Å². The van der Waals surface area contributed by atoms with Gasteiger partial charge in [-0.05, 0) is 67.6 Å². The predicted molar refractivity (Wildman–Crippen MR) is 104 cm³/mol. The molecule has 5 heteroatoms. The van der Waals surface area contributed by atoms with E-state index in [0.717, 1.165) is 33.8 Å². The van der Waals surface area contributed by atoms with Gasteiger partial charge in [-0.2, -0.15) is 5.10 Å². The van der Waals surface area contributed by atoms with Crippen LogP contribution in [0.15, 0.2) is 72.8 Å². The molecule has 0 aliphatic rings. The summed E-state index contributed by atoms with van der Waals surface area (Å²) in [5.41, 5.74) is 5.08. The normalized spacial score (nSPS) is 10.9. The van der Waals surface area contributed by atoms with E-state index in [0.29, 0.717) is 0 Å². The minimum atomic E-state index is 0.178. The minimum Gasteiger partial charge on any atom is -0.508 e. The Bertz CT molecular complexity index is 1100. The average Bonchev–Trinajstić information content (AvgIpc) is 3.00. The molecule has 0 aliphatic carbocycles. The van der Waals surface area contributed by atoms with Gasteiger partial charge in [0.05, 0.1) is 17.1 Å². The molecule has 0 aliphatic heterocycles. The number of hydrogen-bond donors (Lipinski definition) is 3. The summed E-state index contributed by atoms with van der Waals surface area (Å²) in [6.07, 6.45) is 0. The zero-order valence-electron chi connectivity index (χ0n) is 14.7. The summed E-state index contributed by atoms with van der Waals surface area (Å²) < 4.78 is 1.81. The Kier molecular flexibility index (Phi) is 4.05. The molecule has 27 heavy (non-hydrogen) atoms. The molecule has 0 atom stereocenters. The summed E-state index contributed by atoms with van der Waals surface area (Å²) in [6.45, 7) is 1.98. The maximum atomic E-state index is 9.85. The second kappa shape index (κ2) is 6.53. The van der Waals surface area contributed by atoms with E-state index in [1.165, 1.54) is 0 Å². The quantitative estimate of drug-likeness (QED) is 0.499. The molecule has 0 saturated heterocycles. The van der Waals surface area contributed by atoms with Crippen molar-refractivity contribution in [1.82, 2.24) is 9.78 Å². The van der Waals surface area contributed by atoms with Crippen LogP contribution in [0.3, 0.4) is 0 Å². The summed E-state index contributed by atoms with van der Waals surface area (Å²) >= 11 is 0. The molecule has 0 fully saturated rings. The molecule has 0 unspecified atom stereocenters. The van der Waals surface area contributed by atoms with Crippen LogP contribution >= 0.6 is 0 Å². The fourth-order valence-electron chi connectivity index (χ4n) is 3.16. The van der Waals surface area contributed by atoms with Crippen molar-refractivity contribution >= 4 is 0 Å². The van der Waals surface area contributed by atoms with Gasteiger partial charge >= 0.3 is 0 Å². The van der Waals surface area contributed by atoms with Gasteiger partial charge in [0.25, 0.3) is 0 Å². The SMILES string of the molecule is Cc1c(-c2cccc(O)c2)nn(-c2ccc(O)cc2)c1-c1ccc(O)cc1. The van der Waals surface area contributed by atoms with Crippen molar-refractivity contribution in [1.29, 1.82) is 0 Å². The first-order valence-electron chi connectivity index (χ1n) is 8.51. The third kappa shape index (κ3) is 3.11. The average molecular weight is 358 g/mol. The van der Waals surface area contributed by atoms with Crippen LogP contribution in [-0.2, 0) is 0 Å². The molecule has 3 N–H and O–H groups in total. The fourth-order valence-corrected chi connectivity index (χ4v) is 3.16. The van der Waals surface area contributed by atoms with E-state index in [9.17, 15) is 15.3 Å². The van der Waals surface area contributed by atoms with Crippen molar-refractivity contribution in [3.8, 4) is 45.5 Å². The molecule has 0 radical (unpaired) electrons. The smallest absolute Gasteiger partial charge is 0.116 e. The molecule has 4 aromatic rings. The lowest BCUT2D eigenvalue weighted by atomic mass is 10.0. The minimum absolute atomic E-state index is 0.178. The van der Waals surface area contributed by atoms with Crippen LogP contribution < -0.4 is 0 Å². The van der Waals surface area contributed by atoms with E-state index in [4.69, 9.17) is 5.10 Å². The van der Waals surface area contributed by atoms with E-state index in [1.807, 2.05) is 25.1 Å². The highest BCUT2D eigenvalue weighted by Crippen LogP contribution is 2.35. The van der Waals surface area contributed by atoms with Gasteiger partial charge in [-0.3, -0.25) is 0 Å². The van der Waals surface area contributed by atoms with Gasteiger partial charge in [-0.1, -0.05) is 12.1 Å². The molecule has 5 nitrogen and oxygen atoms in total. The maximum Gasteiger partial charge on any atom is 0.116 e. The Balaban J connectivity index is 1.97. The number of nitrogens with zero attached hydrogens (tertiary/aromatic N) is 2. The molecule has 0 saturated carbocycles. The Morgan fingerprint density at radius 3 is 1.96 bits per heavy atom. The van der Waals surface area contributed by atoms with E-state index in [2.05, 4.69) is 0 Å². The molecule has 1 aromatic heterocycles. The lowest BCUT2D eigenvalue weighted by Crippen LogP contribution is -1.99. The monoisotopic (exact) mass is 358 g/mol. The van der Waals surface area contributed by atoms with E-state index >= 15 is 0 Å². The van der Waals surface area contributed by atoms with Crippen LogP contribution in [0, 0.1) is 6.92 Å². The first kappa shape index (κ1) is 16.7. The number of benzene rings is 3. The van der Waals surface area contributed by atoms with E-state index < -0.39 is 0 Å². The molecule has 0 spiro atoms. The Hall–Kier alpha value is -3.73. The van der Waals surface area contributed by atoms with Crippen molar-refractivity contribution in [2.75, 3.05) is 0 Å². The molecular formula is C22H18N2O3. The van der Waals surface area contributed by atoms with Crippen molar-refractivity contribution in [2.24, 2.45) is 0 Å². The topological polar surface area (TPSA) is 78.5 Å². The van der Waals surface area contributed by atoms with Crippen LogP contribution in [0.5, 0.6) is 17.2 Å². The summed E-state index contributed by atoms with van der Waals surface area (Å²) in [4.78, 5) is 0. The van der Waals surface area contributed by atoms with Crippen molar-refractivity contribution in [3.05, 3.63) is 78.4 Å². The van der Waals surface area contributed by atoms with Gasteiger partial charge in [0.1, 0.15) is 17.2 Å². The molecule has 134 valence electrons. The number of phenols is 3. The highest BCUT2D eigenvalue weighted by molar-refractivity contribution is 5.76. The van der Waals surface area contributed by atoms with Crippen LogP contribution in [-0.4, -0.2) is 25.1 Å². The molecule has 0 amide bonds. The zero-order valence-corrected chi connectivity index (χ0v) is 14.7. The number of phenolic OH excluding ortho intramolecular Hbond substituents is 3. The second-order valence-electron chi connectivity index (χ2n) is 6.35. The van der Waals surface area contributed by atoms with Crippen LogP contribution in [0.1, 0.15) is 5.56 Å². The van der Waals surface area contributed by atoms with E-state index in [1.54, 1.807) is 59.3 Å². The number of hydrogen-bond acceptors (Lipinski definition) is 4. The third-order valence-electron chi connectivity index (χ3n) is 4.48. The van der Waals surface area contributed by atoms with Crippen molar-refractivity contribution < 1.29 is 15.3 Å². The number of aromatic hydroxyl groups is 3. The third-order valence-corrected chi connectivity index (χ3v) is 4.48. The standard InChI is InChI=1S/C22H18N2O3/c1-14-21(16-3-2-4-20(27)13-16)23-24(17-7-11-19(26)12-8-17)22(14)15-5-9-18(25)10-6-15/h2-13,25-27H,1H3. The first-order valence-corrected chi connectivity index (χ1v) is 8.51. The zero-order chi connectivity index (χ0) is 19.0. The van der Waals surface area contributed by atoms with Gasteiger partial charge in [-0.15, -0.1) is 0 Å². The summed E-state index contributed by atoms with van der Waals surface area (Å²) in [5.74, 6) is 0.555. The highest BCUT2D eigenvalue weighted by Gasteiger charge is 2.19. The van der Waals surface area contributed by atoms with Crippen molar-refractivity contribution in [3.63, 3.8) is 0 Å². The van der Waals surface area contributed by atoms with Gasteiger partial charge < -0.3 is 15.3 Å². The summed E-state index contributed by atoms with van der Waals surface area (Å²) in [7, 11) is 0. The van der Waals surface area contributed by atoms with Gasteiger partial charge in [0.2, 0.25) is 0 Å². The number of rotatable bonds is 3. The highest BCUT2D eigenvalue weighted by atomic mass is 16.3. The fraction of sp³-hybridized carbons (Fsp3) is 0.0455. The second-order valence-corrected chi connectivity index (χ2v) is 6.35. The maximum absolute atomic E-state index is 9.85. The molecule has 1 heterocycles. The van der Waals surface area contributed by atoms with Gasteiger partial charge in [-0.25, -0.2) is 4.68 Å². The molecule has 4 rings (SSSR count). The van der Waals surface area contributed by atoms with Crippen LogP contribution in [0.2, 0.25) is 0 Å². The van der Waals surface area contributed by atoms with Crippen molar-refractivity contribution in [2.45, 2.75) is 6.92 Å². The van der Waals surface area contributed by atoms with Gasteiger partial charge in [0.15, 0.2) is 0 Å². The Morgan fingerprint density at radius 1 is 0.704 bits per heavy atom. The summed E-state index contributed by atoms with van der Waals surface area (Å²) in [6, 6.07) is 20.7. The lowest BCUT2D eigenvalue weighted by molar-refractivity contribution is 0.474. The molecular weight excluding hydrogens is 340 g/mol. The van der Waals surface area contributed by atoms with E-state index in [-0.39, 0.29) is 17.2 Å². The Morgan fingerprint density at radius 2 is 1.33 bits per heavy atom. The van der Waals surface area contributed by atoms with Crippen LogP contribution in [0.4, 0.5) is 0 Å². The Labute approximate surface area is 156 Å². The summed E-state index contributed by atoms with van der Waals surface area (Å²) in [5, 5.41) is 33.9. The number of aromatic nitrogens is 2. The molecule has 0 bridgehead atoms.